The first-order chi connectivity index (χ1) is 8.17. The van der Waals surface area contributed by atoms with Crippen molar-refractivity contribution in [3.05, 3.63) is 29.0 Å². The summed E-state index contributed by atoms with van der Waals surface area (Å²) in [5.41, 5.74) is 0.708. The smallest absolute Gasteiger partial charge is 0.252 e. The fourth-order valence-electron chi connectivity index (χ4n) is 1.81. The molecule has 1 fully saturated rings. The Balaban J connectivity index is 1.92. The maximum Gasteiger partial charge on any atom is 0.252 e. The SMILES string of the molecule is O=C(NCC1(CCCl)CC1)c1ccncc1Cl. The van der Waals surface area contributed by atoms with Crippen LogP contribution in [0.15, 0.2) is 18.5 Å². The van der Waals surface area contributed by atoms with Crippen molar-refractivity contribution in [2.24, 2.45) is 5.41 Å². The number of carbonyl (C=O) groups is 1. The van der Waals surface area contributed by atoms with Gasteiger partial charge in [-0.15, -0.1) is 11.6 Å². The number of nitrogens with zero attached hydrogens (tertiary/aromatic N) is 1. The van der Waals surface area contributed by atoms with Gasteiger partial charge in [0.2, 0.25) is 0 Å². The van der Waals surface area contributed by atoms with E-state index in [9.17, 15) is 4.79 Å². The van der Waals surface area contributed by atoms with E-state index in [2.05, 4.69) is 10.3 Å². The Hall–Kier alpha value is -0.800. The Bertz CT molecular complexity index is 419. The van der Waals surface area contributed by atoms with E-state index in [1.165, 1.54) is 6.20 Å². The van der Waals surface area contributed by atoms with Crippen LogP contribution in [0, 0.1) is 5.41 Å². The summed E-state index contributed by atoms with van der Waals surface area (Å²) in [6.45, 7) is 0.678. The van der Waals surface area contributed by atoms with E-state index in [1.807, 2.05) is 0 Å². The molecule has 0 aliphatic heterocycles. The highest BCUT2D eigenvalue weighted by Crippen LogP contribution is 2.48. The third-order valence-electron chi connectivity index (χ3n) is 3.22. The minimum absolute atomic E-state index is 0.141. The van der Waals surface area contributed by atoms with Gasteiger partial charge in [-0.3, -0.25) is 9.78 Å². The van der Waals surface area contributed by atoms with Crippen LogP contribution in [0.2, 0.25) is 5.02 Å². The number of nitrogens with one attached hydrogen (secondary N) is 1. The van der Waals surface area contributed by atoms with E-state index in [1.54, 1.807) is 12.3 Å². The van der Waals surface area contributed by atoms with Gasteiger partial charge in [0, 0.05) is 24.8 Å². The molecule has 0 radical (unpaired) electrons. The number of aromatic nitrogens is 1. The summed E-state index contributed by atoms with van der Waals surface area (Å²) in [7, 11) is 0. The molecule has 1 aromatic heterocycles. The van der Waals surface area contributed by atoms with Gasteiger partial charge in [-0.2, -0.15) is 0 Å². The van der Waals surface area contributed by atoms with Gasteiger partial charge in [0.1, 0.15) is 0 Å². The van der Waals surface area contributed by atoms with Crippen LogP contribution in [0.3, 0.4) is 0 Å². The number of amides is 1. The average molecular weight is 273 g/mol. The van der Waals surface area contributed by atoms with Gasteiger partial charge in [-0.1, -0.05) is 11.6 Å². The topological polar surface area (TPSA) is 42.0 Å². The van der Waals surface area contributed by atoms with Crippen molar-refractivity contribution in [1.29, 1.82) is 0 Å². The molecule has 0 aromatic carbocycles. The summed E-state index contributed by atoms with van der Waals surface area (Å²) < 4.78 is 0. The lowest BCUT2D eigenvalue weighted by Gasteiger charge is -2.14. The van der Waals surface area contributed by atoms with Crippen molar-refractivity contribution in [2.75, 3.05) is 12.4 Å². The van der Waals surface area contributed by atoms with Crippen molar-refractivity contribution < 1.29 is 4.79 Å². The quantitative estimate of drug-likeness (QED) is 0.838. The maximum atomic E-state index is 11.9. The molecule has 92 valence electrons. The number of hydrogen-bond acceptors (Lipinski definition) is 2. The lowest BCUT2D eigenvalue weighted by molar-refractivity contribution is 0.0944. The van der Waals surface area contributed by atoms with Crippen LogP contribution in [0.5, 0.6) is 0 Å². The van der Waals surface area contributed by atoms with Gasteiger partial charge in [0.15, 0.2) is 0 Å². The summed E-state index contributed by atoms with van der Waals surface area (Å²) >= 11 is 11.6. The van der Waals surface area contributed by atoms with Crippen LogP contribution < -0.4 is 5.32 Å². The Kier molecular flexibility index (Phi) is 3.89. The molecule has 1 aliphatic carbocycles. The summed E-state index contributed by atoms with van der Waals surface area (Å²) in [5.74, 6) is 0.504. The normalized spacial score (nSPS) is 16.6. The minimum Gasteiger partial charge on any atom is -0.351 e. The third kappa shape index (κ3) is 3.11. The van der Waals surface area contributed by atoms with Crippen LogP contribution in [-0.4, -0.2) is 23.3 Å². The number of rotatable bonds is 5. The number of hydrogen-bond donors (Lipinski definition) is 1. The maximum absolute atomic E-state index is 11.9. The lowest BCUT2D eigenvalue weighted by Crippen LogP contribution is -2.30. The van der Waals surface area contributed by atoms with E-state index in [-0.39, 0.29) is 11.3 Å². The van der Waals surface area contributed by atoms with Gasteiger partial charge in [0.05, 0.1) is 10.6 Å². The van der Waals surface area contributed by atoms with Crippen molar-refractivity contribution in [1.82, 2.24) is 10.3 Å². The van der Waals surface area contributed by atoms with E-state index in [0.29, 0.717) is 23.0 Å². The first kappa shape index (κ1) is 12.7. The van der Waals surface area contributed by atoms with Crippen LogP contribution in [-0.2, 0) is 0 Å². The van der Waals surface area contributed by atoms with Crippen molar-refractivity contribution in [3.63, 3.8) is 0 Å². The van der Waals surface area contributed by atoms with E-state index >= 15 is 0 Å². The first-order valence-electron chi connectivity index (χ1n) is 5.61. The molecule has 1 N–H and O–H groups in total. The van der Waals surface area contributed by atoms with Gasteiger partial charge in [-0.25, -0.2) is 0 Å². The highest BCUT2D eigenvalue weighted by Gasteiger charge is 2.41. The molecule has 17 heavy (non-hydrogen) atoms. The number of pyridine rings is 1. The third-order valence-corrected chi connectivity index (χ3v) is 3.71. The highest BCUT2D eigenvalue weighted by atomic mass is 35.5. The average Bonchev–Trinajstić information content (AvgIpc) is 3.08. The molecule has 0 unspecified atom stereocenters. The predicted octanol–water partition coefficient (Wildman–Crippen LogP) is 2.87. The molecule has 0 bridgehead atoms. The second kappa shape index (κ2) is 5.23. The molecule has 1 heterocycles. The van der Waals surface area contributed by atoms with Crippen molar-refractivity contribution in [3.8, 4) is 0 Å². The second-order valence-corrected chi connectivity index (χ2v) is 5.26. The standard InChI is InChI=1S/C12H14Cl2N2O/c13-5-4-12(2-3-12)8-16-11(17)9-1-6-15-7-10(9)14/h1,6-7H,2-5,8H2,(H,16,17). The monoisotopic (exact) mass is 272 g/mol. The molecule has 0 atom stereocenters. The summed E-state index contributed by atoms with van der Waals surface area (Å²) in [6.07, 6.45) is 6.28. The van der Waals surface area contributed by atoms with Crippen LogP contribution >= 0.6 is 23.2 Å². The Labute approximate surface area is 111 Å². The molecular weight excluding hydrogens is 259 g/mol. The lowest BCUT2D eigenvalue weighted by atomic mass is 10.0. The Morgan fingerprint density at radius 1 is 1.53 bits per heavy atom. The molecule has 1 aromatic rings. The molecule has 2 rings (SSSR count). The molecule has 1 aliphatic rings. The van der Waals surface area contributed by atoms with E-state index in [4.69, 9.17) is 23.2 Å². The molecular formula is C12H14Cl2N2O. The first-order valence-corrected chi connectivity index (χ1v) is 6.52. The van der Waals surface area contributed by atoms with Gasteiger partial charge >= 0.3 is 0 Å². The Morgan fingerprint density at radius 3 is 2.88 bits per heavy atom. The van der Waals surface area contributed by atoms with Crippen LogP contribution in [0.4, 0.5) is 0 Å². The summed E-state index contributed by atoms with van der Waals surface area (Å²) in [6, 6.07) is 1.62. The molecule has 3 nitrogen and oxygen atoms in total. The number of alkyl halides is 1. The zero-order valence-corrected chi connectivity index (χ0v) is 10.9. The van der Waals surface area contributed by atoms with E-state index in [0.717, 1.165) is 19.3 Å². The molecule has 1 amide bonds. The highest BCUT2D eigenvalue weighted by molar-refractivity contribution is 6.33. The molecule has 5 heteroatoms. The van der Waals surface area contributed by atoms with E-state index < -0.39 is 0 Å². The zero-order chi connectivity index (χ0) is 12.3. The van der Waals surface area contributed by atoms with Gasteiger partial charge in [0.25, 0.3) is 5.91 Å². The van der Waals surface area contributed by atoms with Crippen LogP contribution in [0.1, 0.15) is 29.6 Å². The summed E-state index contributed by atoms with van der Waals surface area (Å²) in [5, 5.41) is 3.30. The fourth-order valence-corrected chi connectivity index (χ4v) is 2.42. The van der Waals surface area contributed by atoms with Gasteiger partial charge < -0.3 is 5.32 Å². The van der Waals surface area contributed by atoms with Crippen molar-refractivity contribution >= 4 is 29.1 Å². The second-order valence-electron chi connectivity index (χ2n) is 4.48. The predicted molar refractivity (Wildman–Crippen MR) is 68.6 cm³/mol. The molecule has 0 spiro atoms. The molecule has 1 saturated carbocycles. The fraction of sp³-hybridized carbons (Fsp3) is 0.500. The number of carbonyl (C=O) groups excluding carboxylic acids is 1. The number of halogens is 2. The Morgan fingerprint density at radius 2 is 2.29 bits per heavy atom. The zero-order valence-electron chi connectivity index (χ0n) is 9.38. The summed E-state index contributed by atoms with van der Waals surface area (Å²) in [4.78, 5) is 15.7. The largest absolute Gasteiger partial charge is 0.351 e. The van der Waals surface area contributed by atoms with Gasteiger partial charge in [-0.05, 0) is 30.7 Å². The minimum atomic E-state index is -0.141. The molecule has 0 saturated heterocycles. The van der Waals surface area contributed by atoms with Crippen molar-refractivity contribution in [2.45, 2.75) is 19.3 Å². The van der Waals surface area contributed by atoms with Crippen LogP contribution in [0.25, 0.3) is 0 Å².